The topological polar surface area (TPSA) is 18.5 Å². The third kappa shape index (κ3) is 5.09. The Morgan fingerprint density at radius 2 is 1.78 bits per heavy atom. The molecule has 0 radical (unpaired) electrons. The van der Waals surface area contributed by atoms with E-state index < -0.39 is 0 Å². The molecule has 2 nitrogen and oxygen atoms in total. The van der Waals surface area contributed by atoms with Crippen molar-refractivity contribution in [3.8, 4) is 5.75 Å². The molecule has 18 heavy (non-hydrogen) atoms. The molecule has 0 unspecified atom stereocenters. The van der Waals surface area contributed by atoms with E-state index in [0.717, 1.165) is 18.6 Å². The summed E-state index contributed by atoms with van der Waals surface area (Å²) in [5, 5.41) is 0. The summed E-state index contributed by atoms with van der Waals surface area (Å²) in [6.45, 7) is 9.98. The maximum atomic E-state index is 5.71. The Hall–Kier alpha value is -1.02. The molecule has 0 aliphatic carbocycles. The molecule has 1 aromatic carbocycles. The maximum absolute atomic E-state index is 5.71. The normalized spacial score (nSPS) is 11.2. The van der Waals surface area contributed by atoms with E-state index in [4.69, 9.17) is 9.47 Å². The van der Waals surface area contributed by atoms with Gasteiger partial charge in [-0.3, -0.25) is 0 Å². The van der Waals surface area contributed by atoms with Gasteiger partial charge in [-0.25, -0.2) is 0 Å². The van der Waals surface area contributed by atoms with E-state index in [1.807, 2.05) is 12.1 Å². The molecular weight excluding hydrogens is 224 g/mol. The highest BCUT2D eigenvalue weighted by Crippen LogP contribution is 2.20. The van der Waals surface area contributed by atoms with Crippen LogP contribution < -0.4 is 4.74 Å². The molecule has 2 heteroatoms. The van der Waals surface area contributed by atoms with Crippen LogP contribution in [0.25, 0.3) is 0 Å². The van der Waals surface area contributed by atoms with Crippen molar-refractivity contribution in [2.75, 3.05) is 13.2 Å². The second kappa shape index (κ2) is 8.15. The lowest BCUT2D eigenvalue weighted by Gasteiger charge is -2.14. The van der Waals surface area contributed by atoms with Gasteiger partial charge in [-0.05, 0) is 36.5 Å². The van der Waals surface area contributed by atoms with Crippen molar-refractivity contribution >= 4 is 0 Å². The number of hydrogen-bond acceptors (Lipinski definition) is 2. The van der Waals surface area contributed by atoms with Crippen LogP contribution in [-0.2, 0) is 4.74 Å². The monoisotopic (exact) mass is 250 g/mol. The highest BCUT2D eigenvalue weighted by Gasteiger charge is 2.04. The SMILES string of the molecule is CCC(CC)OCCOc1cccc(C(C)C)c1. The van der Waals surface area contributed by atoms with E-state index in [0.29, 0.717) is 25.2 Å². The molecule has 0 atom stereocenters. The van der Waals surface area contributed by atoms with Crippen molar-refractivity contribution in [1.29, 1.82) is 0 Å². The molecule has 1 aromatic rings. The molecule has 1 rings (SSSR count). The number of benzene rings is 1. The molecule has 0 heterocycles. The van der Waals surface area contributed by atoms with E-state index in [-0.39, 0.29) is 0 Å². The lowest BCUT2D eigenvalue weighted by molar-refractivity contribution is 0.0296. The number of ether oxygens (including phenoxy) is 2. The van der Waals surface area contributed by atoms with Crippen LogP contribution in [0.1, 0.15) is 52.0 Å². The fraction of sp³-hybridized carbons (Fsp3) is 0.625. The molecule has 0 saturated heterocycles. The Bertz CT molecular complexity index is 330. The van der Waals surface area contributed by atoms with Gasteiger partial charge in [-0.1, -0.05) is 39.8 Å². The Kier molecular flexibility index (Phi) is 6.81. The summed E-state index contributed by atoms with van der Waals surface area (Å²) in [6.07, 6.45) is 2.51. The highest BCUT2D eigenvalue weighted by atomic mass is 16.5. The van der Waals surface area contributed by atoms with Crippen molar-refractivity contribution in [3.63, 3.8) is 0 Å². The van der Waals surface area contributed by atoms with Gasteiger partial charge in [0.15, 0.2) is 0 Å². The van der Waals surface area contributed by atoms with Crippen molar-refractivity contribution < 1.29 is 9.47 Å². The summed E-state index contributed by atoms with van der Waals surface area (Å²) in [5.41, 5.74) is 1.31. The second-order valence-electron chi connectivity index (χ2n) is 4.88. The fourth-order valence-electron chi connectivity index (χ4n) is 1.86. The van der Waals surface area contributed by atoms with Gasteiger partial charge < -0.3 is 9.47 Å². The van der Waals surface area contributed by atoms with Crippen LogP contribution in [0.5, 0.6) is 5.75 Å². The first-order valence-electron chi connectivity index (χ1n) is 7.01. The summed E-state index contributed by atoms with van der Waals surface area (Å²) in [5.74, 6) is 1.48. The van der Waals surface area contributed by atoms with E-state index in [9.17, 15) is 0 Å². The van der Waals surface area contributed by atoms with Crippen LogP contribution in [0.15, 0.2) is 24.3 Å². The highest BCUT2D eigenvalue weighted by molar-refractivity contribution is 5.30. The van der Waals surface area contributed by atoms with Crippen LogP contribution in [0, 0.1) is 0 Å². The molecular formula is C16H26O2. The molecule has 0 aliphatic heterocycles. The number of rotatable bonds is 8. The van der Waals surface area contributed by atoms with Gasteiger partial charge in [0.1, 0.15) is 12.4 Å². The third-order valence-corrected chi connectivity index (χ3v) is 3.14. The predicted octanol–water partition coefficient (Wildman–Crippen LogP) is 4.39. The molecule has 0 fully saturated rings. The van der Waals surface area contributed by atoms with Gasteiger partial charge in [0.05, 0.1) is 12.7 Å². The molecule has 0 N–H and O–H groups in total. The van der Waals surface area contributed by atoms with Gasteiger partial charge in [0, 0.05) is 0 Å². The first kappa shape index (κ1) is 15.0. The van der Waals surface area contributed by atoms with Crippen molar-refractivity contribution in [2.45, 2.75) is 52.6 Å². The maximum Gasteiger partial charge on any atom is 0.119 e. The molecule has 0 aromatic heterocycles. The van der Waals surface area contributed by atoms with Crippen molar-refractivity contribution in [2.24, 2.45) is 0 Å². The molecule has 0 aliphatic rings. The third-order valence-electron chi connectivity index (χ3n) is 3.14. The van der Waals surface area contributed by atoms with Crippen LogP contribution in [-0.4, -0.2) is 19.3 Å². The van der Waals surface area contributed by atoms with Gasteiger partial charge in [0.2, 0.25) is 0 Å². The quantitative estimate of drug-likeness (QED) is 0.637. The van der Waals surface area contributed by atoms with Crippen LogP contribution >= 0.6 is 0 Å². The summed E-state index contributed by atoms with van der Waals surface area (Å²) in [6, 6.07) is 8.30. The average Bonchev–Trinajstić information content (AvgIpc) is 2.39. The smallest absolute Gasteiger partial charge is 0.119 e. The van der Waals surface area contributed by atoms with Gasteiger partial charge >= 0.3 is 0 Å². The zero-order chi connectivity index (χ0) is 13.4. The first-order chi connectivity index (χ1) is 8.67. The minimum atomic E-state index is 0.371. The van der Waals surface area contributed by atoms with Gasteiger partial charge in [-0.2, -0.15) is 0 Å². The van der Waals surface area contributed by atoms with Crippen LogP contribution in [0.3, 0.4) is 0 Å². The van der Waals surface area contributed by atoms with E-state index in [2.05, 4.69) is 39.8 Å². The minimum Gasteiger partial charge on any atom is -0.491 e. The van der Waals surface area contributed by atoms with Gasteiger partial charge in [0.25, 0.3) is 0 Å². The summed E-state index contributed by atoms with van der Waals surface area (Å²) >= 11 is 0. The van der Waals surface area contributed by atoms with E-state index in [1.165, 1.54) is 5.56 Å². The molecule has 0 spiro atoms. The summed E-state index contributed by atoms with van der Waals surface area (Å²) in [4.78, 5) is 0. The van der Waals surface area contributed by atoms with Gasteiger partial charge in [-0.15, -0.1) is 0 Å². The van der Waals surface area contributed by atoms with Crippen LogP contribution in [0.2, 0.25) is 0 Å². The van der Waals surface area contributed by atoms with Crippen molar-refractivity contribution in [3.05, 3.63) is 29.8 Å². The first-order valence-corrected chi connectivity index (χ1v) is 7.01. The molecule has 0 amide bonds. The Morgan fingerprint density at radius 3 is 2.39 bits per heavy atom. The largest absolute Gasteiger partial charge is 0.491 e. The molecule has 102 valence electrons. The zero-order valence-corrected chi connectivity index (χ0v) is 12.1. The summed E-state index contributed by atoms with van der Waals surface area (Å²) in [7, 11) is 0. The van der Waals surface area contributed by atoms with Crippen LogP contribution in [0.4, 0.5) is 0 Å². The lowest BCUT2D eigenvalue weighted by atomic mass is 10.0. The standard InChI is InChI=1S/C16H26O2/c1-5-15(6-2)17-10-11-18-16-9-7-8-14(12-16)13(3)4/h7-9,12-13,15H,5-6,10-11H2,1-4H3. The zero-order valence-electron chi connectivity index (χ0n) is 12.1. The number of hydrogen-bond donors (Lipinski definition) is 0. The van der Waals surface area contributed by atoms with E-state index >= 15 is 0 Å². The fourth-order valence-corrected chi connectivity index (χ4v) is 1.86. The lowest BCUT2D eigenvalue weighted by Crippen LogP contribution is -2.15. The van der Waals surface area contributed by atoms with Crippen molar-refractivity contribution in [1.82, 2.24) is 0 Å². The molecule has 0 saturated carbocycles. The van der Waals surface area contributed by atoms with E-state index in [1.54, 1.807) is 0 Å². The Morgan fingerprint density at radius 1 is 1.06 bits per heavy atom. The average molecular weight is 250 g/mol. The minimum absolute atomic E-state index is 0.371. The summed E-state index contributed by atoms with van der Waals surface area (Å²) < 4.78 is 11.4. The Labute approximate surface area is 111 Å². The second-order valence-corrected chi connectivity index (χ2v) is 4.88. The molecule has 0 bridgehead atoms. The predicted molar refractivity (Wildman–Crippen MR) is 76.3 cm³/mol. The Balaban J connectivity index is 2.33.